The number of fused-ring (bicyclic) bond motifs is 2. The molecule has 2 atom stereocenters. The lowest BCUT2D eigenvalue weighted by Gasteiger charge is -2.30. The Balaban J connectivity index is 1.21. The average Bonchev–Trinajstić information content (AvgIpc) is 3.55. The number of ether oxygens (including phenoxy) is 1. The van der Waals surface area contributed by atoms with Crippen LogP contribution in [0.3, 0.4) is 0 Å². The topological polar surface area (TPSA) is 111 Å². The molecule has 0 aromatic carbocycles. The maximum absolute atomic E-state index is 12.7. The molecule has 1 spiro atoms. The van der Waals surface area contributed by atoms with Crippen LogP contribution in [-0.2, 0) is 12.0 Å². The van der Waals surface area contributed by atoms with Gasteiger partial charge in [-0.2, -0.15) is 5.10 Å². The molecule has 1 saturated carbocycles. The SMILES string of the molecule is CC(Oc1cc(-c2cc3n(n2)CCC32CCN(C(=O)NC3CCC3)C2)cnc1N)c1cccnc1. The molecule has 2 fully saturated rings. The van der Waals surface area contributed by atoms with Gasteiger partial charge in [0.15, 0.2) is 11.6 Å². The molecule has 2 aliphatic heterocycles. The van der Waals surface area contributed by atoms with Crippen LogP contribution in [0.1, 0.15) is 56.4 Å². The number of anilines is 1. The van der Waals surface area contributed by atoms with E-state index in [2.05, 4.69) is 26.0 Å². The number of pyridine rings is 2. The van der Waals surface area contributed by atoms with Gasteiger partial charge in [0.25, 0.3) is 0 Å². The van der Waals surface area contributed by atoms with Crippen molar-refractivity contribution >= 4 is 11.8 Å². The minimum Gasteiger partial charge on any atom is -0.482 e. The van der Waals surface area contributed by atoms with Gasteiger partial charge in [-0.3, -0.25) is 9.67 Å². The molecule has 3 N–H and O–H groups in total. The van der Waals surface area contributed by atoms with Crippen molar-refractivity contribution in [1.82, 2.24) is 30.0 Å². The van der Waals surface area contributed by atoms with E-state index in [9.17, 15) is 4.79 Å². The van der Waals surface area contributed by atoms with E-state index in [1.165, 1.54) is 12.1 Å². The number of aromatic nitrogens is 4. The Hall–Kier alpha value is -3.62. The summed E-state index contributed by atoms with van der Waals surface area (Å²) in [6.45, 7) is 4.35. The van der Waals surface area contributed by atoms with Crippen LogP contribution in [0.5, 0.6) is 5.75 Å². The van der Waals surface area contributed by atoms with Crippen molar-refractivity contribution in [2.45, 2.75) is 63.1 Å². The maximum Gasteiger partial charge on any atom is 0.317 e. The third-order valence-corrected chi connectivity index (χ3v) is 7.83. The molecule has 0 bridgehead atoms. The van der Waals surface area contributed by atoms with Gasteiger partial charge in [-0.1, -0.05) is 6.07 Å². The third kappa shape index (κ3) is 3.98. The van der Waals surface area contributed by atoms with Crippen molar-refractivity contribution in [1.29, 1.82) is 0 Å². The van der Waals surface area contributed by atoms with Gasteiger partial charge < -0.3 is 20.7 Å². The number of carbonyl (C=O) groups excluding carboxylic acids is 1. The summed E-state index contributed by atoms with van der Waals surface area (Å²) in [7, 11) is 0. The minimum atomic E-state index is -0.214. The molecule has 0 radical (unpaired) electrons. The zero-order valence-electron chi connectivity index (χ0n) is 20.0. The predicted molar refractivity (Wildman–Crippen MR) is 132 cm³/mol. The van der Waals surface area contributed by atoms with E-state index in [-0.39, 0.29) is 17.6 Å². The summed E-state index contributed by atoms with van der Waals surface area (Å²) in [5.41, 5.74) is 9.98. The van der Waals surface area contributed by atoms with E-state index in [1.54, 1.807) is 18.6 Å². The van der Waals surface area contributed by atoms with Gasteiger partial charge in [-0.05, 0) is 57.2 Å². The standard InChI is InChI=1S/C26H31N7O2/c1-17(18-4-3-9-28-14-18)35-22-12-19(15-29-24(22)27)21-13-23-26(8-11-33(23)31-21)7-10-32(16-26)25(34)30-20-5-2-6-20/h3-4,9,12-15,17,20H,2,5-8,10-11,16H2,1H3,(H2,27,29)(H,30,34). The lowest BCUT2D eigenvalue weighted by atomic mass is 9.82. The molecule has 35 heavy (non-hydrogen) atoms. The molecular formula is C26H31N7O2. The normalized spacial score (nSPS) is 22.1. The first kappa shape index (κ1) is 21.9. The second-order valence-electron chi connectivity index (χ2n) is 10.1. The Bertz CT molecular complexity index is 1240. The first-order chi connectivity index (χ1) is 17.0. The van der Waals surface area contributed by atoms with Crippen molar-refractivity contribution in [2.24, 2.45) is 0 Å². The highest BCUT2D eigenvalue weighted by atomic mass is 16.5. The number of urea groups is 1. The molecule has 2 amide bonds. The van der Waals surface area contributed by atoms with Crippen LogP contribution in [0.15, 0.2) is 42.9 Å². The summed E-state index contributed by atoms with van der Waals surface area (Å²) >= 11 is 0. The third-order valence-electron chi connectivity index (χ3n) is 7.83. The first-order valence-electron chi connectivity index (χ1n) is 12.5. The van der Waals surface area contributed by atoms with E-state index in [4.69, 9.17) is 15.6 Å². The van der Waals surface area contributed by atoms with Crippen molar-refractivity contribution in [3.05, 3.63) is 54.1 Å². The van der Waals surface area contributed by atoms with Gasteiger partial charge in [-0.15, -0.1) is 0 Å². The van der Waals surface area contributed by atoms with Gasteiger partial charge in [0.05, 0.1) is 5.69 Å². The zero-order chi connectivity index (χ0) is 24.0. The fourth-order valence-electron chi connectivity index (χ4n) is 5.45. The van der Waals surface area contributed by atoms with Gasteiger partial charge in [0.2, 0.25) is 0 Å². The van der Waals surface area contributed by atoms with Crippen LogP contribution in [0, 0.1) is 0 Å². The number of likely N-dealkylation sites (tertiary alicyclic amines) is 1. The summed E-state index contributed by atoms with van der Waals surface area (Å²) in [6, 6.07) is 8.36. The molecule has 9 heteroatoms. The summed E-state index contributed by atoms with van der Waals surface area (Å²) in [5.74, 6) is 0.873. The smallest absolute Gasteiger partial charge is 0.317 e. The fraction of sp³-hybridized carbons (Fsp3) is 0.462. The van der Waals surface area contributed by atoms with E-state index in [1.807, 2.05) is 30.0 Å². The first-order valence-corrected chi connectivity index (χ1v) is 12.5. The highest BCUT2D eigenvalue weighted by Gasteiger charge is 2.47. The highest BCUT2D eigenvalue weighted by Crippen LogP contribution is 2.44. The molecule has 1 saturated heterocycles. The second-order valence-corrected chi connectivity index (χ2v) is 10.1. The summed E-state index contributed by atoms with van der Waals surface area (Å²) in [5, 5.41) is 8.07. The Morgan fingerprint density at radius 3 is 2.89 bits per heavy atom. The Kier molecular flexibility index (Phi) is 5.35. The Morgan fingerprint density at radius 2 is 2.11 bits per heavy atom. The average molecular weight is 474 g/mol. The number of hydrogen-bond donors (Lipinski definition) is 2. The molecule has 182 valence electrons. The van der Waals surface area contributed by atoms with E-state index in [0.29, 0.717) is 17.6 Å². The van der Waals surface area contributed by atoms with E-state index < -0.39 is 0 Å². The number of hydrogen-bond acceptors (Lipinski definition) is 6. The molecule has 3 aliphatic rings. The summed E-state index contributed by atoms with van der Waals surface area (Å²) < 4.78 is 8.23. The number of aryl methyl sites for hydroxylation is 1. The van der Waals surface area contributed by atoms with Gasteiger partial charge in [0.1, 0.15) is 6.10 Å². The molecule has 9 nitrogen and oxygen atoms in total. The monoisotopic (exact) mass is 473 g/mol. The van der Waals surface area contributed by atoms with Crippen LogP contribution < -0.4 is 15.8 Å². The summed E-state index contributed by atoms with van der Waals surface area (Å²) in [6.07, 6.45) is 10.4. The number of rotatable bonds is 5. The number of amides is 2. The molecule has 3 aromatic heterocycles. The van der Waals surface area contributed by atoms with Crippen LogP contribution in [0.2, 0.25) is 0 Å². The quantitative estimate of drug-likeness (QED) is 0.585. The number of nitrogen functional groups attached to an aromatic ring is 1. The fourth-order valence-corrected chi connectivity index (χ4v) is 5.45. The van der Waals surface area contributed by atoms with E-state index >= 15 is 0 Å². The number of nitrogens with zero attached hydrogens (tertiary/aromatic N) is 5. The van der Waals surface area contributed by atoms with Gasteiger partial charge in [-0.25, -0.2) is 9.78 Å². The molecule has 1 aliphatic carbocycles. The Labute approximate surface area is 204 Å². The number of carbonyl (C=O) groups is 1. The van der Waals surface area contributed by atoms with Crippen molar-refractivity contribution in [3.63, 3.8) is 0 Å². The number of nitrogens with one attached hydrogen (secondary N) is 1. The van der Waals surface area contributed by atoms with Crippen LogP contribution in [0.4, 0.5) is 10.6 Å². The molecular weight excluding hydrogens is 442 g/mol. The predicted octanol–water partition coefficient (Wildman–Crippen LogP) is 3.67. The number of nitrogens with two attached hydrogens (primary N) is 1. The van der Waals surface area contributed by atoms with Crippen LogP contribution >= 0.6 is 0 Å². The lowest BCUT2D eigenvalue weighted by Crippen LogP contribution is -2.47. The van der Waals surface area contributed by atoms with Crippen molar-refractivity contribution < 1.29 is 9.53 Å². The van der Waals surface area contributed by atoms with Crippen molar-refractivity contribution in [2.75, 3.05) is 18.8 Å². The van der Waals surface area contributed by atoms with Crippen LogP contribution in [0.25, 0.3) is 11.3 Å². The summed E-state index contributed by atoms with van der Waals surface area (Å²) in [4.78, 5) is 23.3. The van der Waals surface area contributed by atoms with Crippen molar-refractivity contribution in [3.8, 4) is 17.0 Å². The lowest BCUT2D eigenvalue weighted by molar-refractivity contribution is 0.193. The maximum atomic E-state index is 12.7. The molecule has 3 aromatic rings. The van der Waals surface area contributed by atoms with E-state index in [0.717, 1.165) is 62.1 Å². The second kappa shape index (κ2) is 8.55. The van der Waals surface area contributed by atoms with Gasteiger partial charge in [0, 0.05) is 66.5 Å². The van der Waals surface area contributed by atoms with Gasteiger partial charge >= 0.3 is 6.03 Å². The minimum absolute atomic E-state index is 0.0302. The Morgan fingerprint density at radius 1 is 1.26 bits per heavy atom. The largest absolute Gasteiger partial charge is 0.482 e. The molecule has 6 rings (SSSR count). The molecule has 5 heterocycles. The highest BCUT2D eigenvalue weighted by molar-refractivity contribution is 5.75. The molecule has 2 unspecified atom stereocenters. The van der Waals surface area contributed by atoms with Crippen LogP contribution in [-0.4, -0.2) is 49.8 Å². The zero-order valence-corrected chi connectivity index (χ0v) is 20.0.